The van der Waals surface area contributed by atoms with E-state index in [9.17, 15) is 0 Å². The molecule has 3 nitrogen and oxygen atoms in total. The van der Waals surface area contributed by atoms with Crippen molar-refractivity contribution in [2.75, 3.05) is 31.4 Å². The topological polar surface area (TPSA) is 28.2 Å². The molecule has 78 valence electrons. The summed E-state index contributed by atoms with van der Waals surface area (Å²) >= 11 is 0. The maximum absolute atomic E-state index is 4.40. The summed E-state index contributed by atoms with van der Waals surface area (Å²) in [6, 6.07) is 8.25. The summed E-state index contributed by atoms with van der Waals surface area (Å²) in [5.74, 6) is 0.998. The molecule has 0 saturated carbocycles. The van der Waals surface area contributed by atoms with E-state index in [1.807, 2.05) is 44.4 Å². The van der Waals surface area contributed by atoms with E-state index in [-0.39, 0.29) is 0 Å². The van der Waals surface area contributed by atoms with Gasteiger partial charge in [0.2, 0.25) is 0 Å². The Morgan fingerprint density at radius 1 is 1.20 bits per heavy atom. The monoisotopic (exact) mass is 201 g/mol. The second-order valence-corrected chi connectivity index (χ2v) is 3.68. The van der Waals surface area contributed by atoms with E-state index in [0.717, 1.165) is 11.5 Å². The number of benzene rings is 1. The van der Waals surface area contributed by atoms with Crippen LogP contribution in [-0.4, -0.2) is 26.1 Å². The summed E-state index contributed by atoms with van der Waals surface area (Å²) in [7, 11) is 5.95. The minimum absolute atomic E-state index is 0.998. The first kappa shape index (κ1) is 9.77. The molecule has 1 aromatic heterocycles. The fraction of sp³-hybridized carbons (Fsp3) is 0.250. The third-order valence-electron chi connectivity index (χ3n) is 2.46. The summed E-state index contributed by atoms with van der Waals surface area (Å²) in [6.45, 7) is 0. The molecule has 0 spiro atoms. The molecule has 0 atom stereocenters. The Kier molecular flexibility index (Phi) is 2.46. The molecule has 2 rings (SSSR count). The lowest BCUT2D eigenvalue weighted by molar-refractivity contribution is 1.08. The molecule has 0 aliphatic rings. The Morgan fingerprint density at radius 3 is 2.67 bits per heavy atom. The van der Waals surface area contributed by atoms with Crippen molar-refractivity contribution < 1.29 is 0 Å². The molecule has 0 aliphatic heterocycles. The fourth-order valence-corrected chi connectivity index (χ4v) is 1.76. The molecular weight excluding hydrogens is 186 g/mol. The first-order chi connectivity index (χ1) is 7.24. The molecule has 0 radical (unpaired) electrons. The second kappa shape index (κ2) is 3.77. The van der Waals surface area contributed by atoms with Crippen LogP contribution >= 0.6 is 0 Å². The number of fused-ring (bicyclic) bond motifs is 1. The average Bonchev–Trinajstić information content (AvgIpc) is 2.27. The lowest BCUT2D eigenvalue weighted by atomic mass is 10.1. The minimum Gasteiger partial charge on any atom is -0.388 e. The smallest absolute Gasteiger partial charge is 0.137 e. The van der Waals surface area contributed by atoms with Gasteiger partial charge in [0, 0.05) is 38.4 Å². The first-order valence-electron chi connectivity index (χ1n) is 4.97. The highest BCUT2D eigenvalue weighted by Crippen LogP contribution is 2.29. The van der Waals surface area contributed by atoms with Crippen molar-refractivity contribution in [1.82, 2.24) is 4.98 Å². The van der Waals surface area contributed by atoms with Crippen LogP contribution in [0.3, 0.4) is 0 Å². The van der Waals surface area contributed by atoms with Crippen molar-refractivity contribution in [3.05, 3.63) is 30.5 Å². The predicted molar refractivity (Wildman–Crippen MR) is 65.6 cm³/mol. The van der Waals surface area contributed by atoms with Crippen molar-refractivity contribution in [2.45, 2.75) is 0 Å². The molecule has 1 N–H and O–H groups in total. The highest BCUT2D eigenvalue weighted by molar-refractivity contribution is 6.01. The molecule has 3 heteroatoms. The van der Waals surface area contributed by atoms with Gasteiger partial charge in [-0.05, 0) is 17.5 Å². The Morgan fingerprint density at radius 2 is 2.00 bits per heavy atom. The zero-order valence-electron chi connectivity index (χ0n) is 9.28. The van der Waals surface area contributed by atoms with Crippen LogP contribution < -0.4 is 10.2 Å². The van der Waals surface area contributed by atoms with Gasteiger partial charge in [-0.25, -0.2) is 4.98 Å². The molecule has 0 unspecified atom stereocenters. The van der Waals surface area contributed by atoms with Crippen molar-refractivity contribution in [1.29, 1.82) is 0 Å². The molecule has 0 amide bonds. The van der Waals surface area contributed by atoms with E-state index < -0.39 is 0 Å². The van der Waals surface area contributed by atoms with Crippen LogP contribution in [0.25, 0.3) is 10.8 Å². The molecule has 1 aromatic carbocycles. The Hall–Kier alpha value is -1.77. The standard InChI is InChI=1S/C12H15N3/c1-13-10-6-4-5-9-7-8-14-12(11(9)10)15(2)3/h4-8,13H,1-3H3. The number of nitrogens with zero attached hydrogens (tertiary/aromatic N) is 2. The highest BCUT2D eigenvalue weighted by atomic mass is 15.1. The van der Waals surface area contributed by atoms with Gasteiger partial charge in [0.25, 0.3) is 0 Å². The van der Waals surface area contributed by atoms with E-state index in [1.54, 1.807) is 0 Å². The van der Waals surface area contributed by atoms with Crippen LogP contribution in [0.2, 0.25) is 0 Å². The predicted octanol–water partition coefficient (Wildman–Crippen LogP) is 2.34. The van der Waals surface area contributed by atoms with Gasteiger partial charge in [-0.2, -0.15) is 0 Å². The summed E-state index contributed by atoms with van der Waals surface area (Å²) in [4.78, 5) is 6.43. The molecule has 0 aliphatic carbocycles. The SMILES string of the molecule is CNc1cccc2ccnc(N(C)C)c12. The van der Waals surface area contributed by atoms with Gasteiger partial charge >= 0.3 is 0 Å². The van der Waals surface area contributed by atoms with Crippen LogP contribution in [0.1, 0.15) is 0 Å². The Labute approximate surface area is 89.7 Å². The van der Waals surface area contributed by atoms with Crippen LogP contribution in [0.15, 0.2) is 30.5 Å². The van der Waals surface area contributed by atoms with Gasteiger partial charge in [0.05, 0.1) is 0 Å². The van der Waals surface area contributed by atoms with Crippen LogP contribution in [0, 0.1) is 0 Å². The van der Waals surface area contributed by atoms with Crippen molar-refractivity contribution >= 4 is 22.3 Å². The molecular formula is C12H15N3. The summed E-state index contributed by atoms with van der Waals surface area (Å²) in [6.07, 6.45) is 1.84. The maximum Gasteiger partial charge on any atom is 0.137 e. The number of anilines is 2. The summed E-state index contributed by atoms with van der Waals surface area (Å²) in [5, 5.41) is 5.58. The lowest BCUT2D eigenvalue weighted by Gasteiger charge is -2.16. The summed E-state index contributed by atoms with van der Waals surface area (Å²) < 4.78 is 0. The number of aromatic nitrogens is 1. The zero-order valence-corrected chi connectivity index (χ0v) is 9.28. The van der Waals surface area contributed by atoms with Gasteiger partial charge in [-0.1, -0.05) is 12.1 Å². The molecule has 0 saturated heterocycles. The lowest BCUT2D eigenvalue weighted by Crippen LogP contribution is -2.11. The minimum atomic E-state index is 0.998. The highest BCUT2D eigenvalue weighted by Gasteiger charge is 2.07. The van der Waals surface area contributed by atoms with Gasteiger partial charge in [0.1, 0.15) is 5.82 Å². The van der Waals surface area contributed by atoms with Crippen LogP contribution in [0.4, 0.5) is 11.5 Å². The van der Waals surface area contributed by atoms with Crippen molar-refractivity contribution in [2.24, 2.45) is 0 Å². The van der Waals surface area contributed by atoms with Crippen molar-refractivity contribution in [3.63, 3.8) is 0 Å². The van der Waals surface area contributed by atoms with Gasteiger partial charge in [-0.3, -0.25) is 0 Å². The molecule has 1 heterocycles. The second-order valence-electron chi connectivity index (χ2n) is 3.68. The first-order valence-corrected chi connectivity index (χ1v) is 4.97. The molecule has 15 heavy (non-hydrogen) atoms. The van der Waals surface area contributed by atoms with E-state index in [2.05, 4.69) is 22.4 Å². The molecule has 0 bridgehead atoms. The normalized spacial score (nSPS) is 10.3. The van der Waals surface area contributed by atoms with Crippen molar-refractivity contribution in [3.8, 4) is 0 Å². The number of hydrogen-bond donors (Lipinski definition) is 1. The number of pyridine rings is 1. The fourth-order valence-electron chi connectivity index (χ4n) is 1.76. The van der Waals surface area contributed by atoms with E-state index in [0.29, 0.717) is 0 Å². The molecule has 0 fully saturated rings. The third-order valence-corrected chi connectivity index (χ3v) is 2.46. The largest absolute Gasteiger partial charge is 0.388 e. The third kappa shape index (κ3) is 1.61. The Bertz CT molecular complexity index is 472. The van der Waals surface area contributed by atoms with Gasteiger partial charge < -0.3 is 10.2 Å². The zero-order chi connectivity index (χ0) is 10.8. The number of nitrogens with one attached hydrogen (secondary N) is 1. The maximum atomic E-state index is 4.40. The molecule has 2 aromatic rings. The summed E-state index contributed by atoms with van der Waals surface area (Å²) in [5.41, 5.74) is 1.12. The van der Waals surface area contributed by atoms with Gasteiger partial charge in [0.15, 0.2) is 0 Å². The number of rotatable bonds is 2. The number of hydrogen-bond acceptors (Lipinski definition) is 3. The van der Waals surface area contributed by atoms with Crippen LogP contribution in [0.5, 0.6) is 0 Å². The van der Waals surface area contributed by atoms with E-state index in [4.69, 9.17) is 0 Å². The Balaban J connectivity index is 2.81. The average molecular weight is 201 g/mol. The van der Waals surface area contributed by atoms with E-state index in [1.165, 1.54) is 10.8 Å². The van der Waals surface area contributed by atoms with Crippen LogP contribution in [-0.2, 0) is 0 Å². The quantitative estimate of drug-likeness (QED) is 0.808. The van der Waals surface area contributed by atoms with E-state index >= 15 is 0 Å². The van der Waals surface area contributed by atoms with Gasteiger partial charge in [-0.15, -0.1) is 0 Å².